The zero-order chi connectivity index (χ0) is 19.1. The average Bonchev–Trinajstić information content (AvgIpc) is 3.12. The highest BCUT2D eigenvalue weighted by molar-refractivity contribution is 5.85. The van der Waals surface area contributed by atoms with E-state index in [-0.39, 0.29) is 6.04 Å². The van der Waals surface area contributed by atoms with Gasteiger partial charge < -0.3 is 10.1 Å². The SMILES string of the molecule is COc1ccccc1C1C=C(c2ccc(C)cc2)Nc2nc3ccccc3n21. The number of aryl methyl sites for hydroxylation is 1. The van der Waals surface area contributed by atoms with Crippen molar-refractivity contribution in [3.8, 4) is 5.75 Å². The van der Waals surface area contributed by atoms with Crippen molar-refractivity contribution in [2.75, 3.05) is 12.4 Å². The summed E-state index contributed by atoms with van der Waals surface area (Å²) in [4.78, 5) is 4.85. The van der Waals surface area contributed by atoms with Crippen LogP contribution in [0, 0.1) is 6.92 Å². The Morgan fingerprint density at radius 3 is 2.50 bits per heavy atom. The van der Waals surface area contributed by atoms with Crippen LogP contribution in [0.5, 0.6) is 5.75 Å². The normalized spacial score (nSPS) is 15.6. The lowest BCUT2D eigenvalue weighted by Crippen LogP contribution is -2.19. The van der Waals surface area contributed by atoms with Crippen molar-refractivity contribution in [1.82, 2.24) is 9.55 Å². The highest BCUT2D eigenvalue weighted by Gasteiger charge is 2.27. The van der Waals surface area contributed by atoms with Gasteiger partial charge in [0.1, 0.15) is 5.75 Å². The van der Waals surface area contributed by atoms with E-state index in [9.17, 15) is 0 Å². The van der Waals surface area contributed by atoms with Crippen LogP contribution in [0.4, 0.5) is 5.95 Å². The van der Waals surface area contributed by atoms with Crippen molar-refractivity contribution in [3.05, 3.63) is 95.6 Å². The largest absolute Gasteiger partial charge is 0.496 e. The summed E-state index contributed by atoms with van der Waals surface area (Å²) in [7, 11) is 1.72. The maximum Gasteiger partial charge on any atom is 0.209 e. The number of aromatic nitrogens is 2. The van der Waals surface area contributed by atoms with Crippen LogP contribution in [0.25, 0.3) is 16.7 Å². The lowest BCUT2D eigenvalue weighted by atomic mass is 10.00. The summed E-state index contributed by atoms with van der Waals surface area (Å²) in [6.45, 7) is 2.10. The molecule has 138 valence electrons. The first-order valence-corrected chi connectivity index (χ1v) is 9.40. The van der Waals surface area contributed by atoms with Crippen LogP contribution < -0.4 is 10.1 Å². The molecule has 1 aliphatic rings. The molecule has 28 heavy (non-hydrogen) atoms. The van der Waals surface area contributed by atoms with Gasteiger partial charge in [0.2, 0.25) is 5.95 Å². The van der Waals surface area contributed by atoms with E-state index >= 15 is 0 Å². The number of fused-ring (bicyclic) bond motifs is 3. The molecule has 1 atom stereocenters. The van der Waals surface area contributed by atoms with Crippen molar-refractivity contribution in [1.29, 1.82) is 0 Å². The number of nitrogens with zero attached hydrogens (tertiary/aromatic N) is 2. The molecule has 3 aromatic carbocycles. The molecule has 4 heteroatoms. The molecule has 0 aliphatic carbocycles. The molecule has 0 spiro atoms. The van der Waals surface area contributed by atoms with Crippen molar-refractivity contribution in [3.63, 3.8) is 0 Å². The molecule has 0 amide bonds. The number of imidazole rings is 1. The molecular formula is C24H21N3O. The van der Waals surface area contributed by atoms with Gasteiger partial charge in [0, 0.05) is 11.3 Å². The number of benzene rings is 3. The van der Waals surface area contributed by atoms with Gasteiger partial charge in [-0.15, -0.1) is 0 Å². The van der Waals surface area contributed by atoms with Gasteiger partial charge in [-0.1, -0.05) is 60.2 Å². The molecule has 1 N–H and O–H groups in total. The summed E-state index contributed by atoms with van der Waals surface area (Å²) in [6, 6.07) is 25.0. The molecule has 1 aromatic heterocycles. The Hall–Kier alpha value is -3.53. The zero-order valence-electron chi connectivity index (χ0n) is 15.9. The molecular weight excluding hydrogens is 346 g/mol. The smallest absolute Gasteiger partial charge is 0.209 e. The van der Waals surface area contributed by atoms with E-state index in [2.05, 4.69) is 71.4 Å². The first-order valence-electron chi connectivity index (χ1n) is 9.40. The van der Waals surface area contributed by atoms with Gasteiger partial charge in [-0.2, -0.15) is 0 Å². The lowest BCUT2D eigenvalue weighted by Gasteiger charge is -2.27. The van der Waals surface area contributed by atoms with E-state index in [1.165, 1.54) is 5.56 Å². The molecule has 0 fully saturated rings. The predicted molar refractivity (Wildman–Crippen MR) is 114 cm³/mol. The summed E-state index contributed by atoms with van der Waals surface area (Å²) >= 11 is 0. The second-order valence-electron chi connectivity index (χ2n) is 7.05. The Balaban J connectivity index is 1.74. The number of rotatable bonds is 3. The van der Waals surface area contributed by atoms with Gasteiger partial charge in [0.15, 0.2) is 0 Å². The fraction of sp³-hybridized carbons (Fsp3) is 0.125. The summed E-state index contributed by atoms with van der Waals surface area (Å²) in [5.74, 6) is 1.72. The van der Waals surface area contributed by atoms with Crippen LogP contribution in [-0.2, 0) is 0 Å². The second-order valence-corrected chi connectivity index (χ2v) is 7.05. The van der Waals surface area contributed by atoms with E-state index in [4.69, 9.17) is 9.72 Å². The first-order chi connectivity index (χ1) is 13.7. The van der Waals surface area contributed by atoms with E-state index in [1.54, 1.807) is 7.11 Å². The minimum absolute atomic E-state index is 0.0175. The lowest BCUT2D eigenvalue weighted by molar-refractivity contribution is 0.406. The monoisotopic (exact) mass is 367 g/mol. The minimum atomic E-state index is -0.0175. The number of anilines is 1. The Bertz CT molecular complexity index is 1190. The number of methoxy groups -OCH3 is 1. The summed E-state index contributed by atoms with van der Waals surface area (Å²) in [6.07, 6.45) is 2.25. The van der Waals surface area contributed by atoms with Gasteiger partial charge in [0.25, 0.3) is 0 Å². The second kappa shape index (κ2) is 6.57. The molecule has 2 heterocycles. The quantitative estimate of drug-likeness (QED) is 0.526. The number of para-hydroxylation sites is 3. The maximum atomic E-state index is 5.68. The summed E-state index contributed by atoms with van der Waals surface area (Å²) < 4.78 is 7.92. The molecule has 4 aromatic rings. The average molecular weight is 367 g/mol. The number of allylic oxidation sites excluding steroid dienone is 1. The van der Waals surface area contributed by atoms with Gasteiger partial charge in [-0.3, -0.25) is 4.57 Å². The Morgan fingerprint density at radius 2 is 1.68 bits per heavy atom. The molecule has 1 unspecified atom stereocenters. The van der Waals surface area contributed by atoms with Crippen LogP contribution in [0.1, 0.15) is 22.7 Å². The summed E-state index contributed by atoms with van der Waals surface area (Å²) in [5.41, 5.74) is 6.63. The van der Waals surface area contributed by atoms with Crippen LogP contribution in [0.3, 0.4) is 0 Å². The Morgan fingerprint density at radius 1 is 0.929 bits per heavy atom. The van der Waals surface area contributed by atoms with Crippen molar-refractivity contribution in [2.45, 2.75) is 13.0 Å². The molecule has 0 saturated carbocycles. The van der Waals surface area contributed by atoms with Crippen molar-refractivity contribution >= 4 is 22.7 Å². The number of nitrogens with one attached hydrogen (secondary N) is 1. The van der Waals surface area contributed by atoms with Crippen LogP contribution in [0.2, 0.25) is 0 Å². The first kappa shape index (κ1) is 16.6. The minimum Gasteiger partial charge on any atom is -0.496 e. The Kier molecular flexibility index (Phi) is 3.90. The third-order valence-electron chi connectivity index (χ3n) is 5.27. The fourth-order valence-electron chi connectivity index (χ4n) is 3.85. The standard InChI is InChI=1S/C24H21N3O/c1-16-11-13-17(14-12-16)20-15-22(18-7-3-6-10-23(18)28-2)27-21-9-5-4-8-19(21)25-24(27)26-20/h3-15,22H,1-2H3,(H,25,26). The Labute approximate surface area is 164 Å². The number of hydrogen-bond acceptors (Lipinski definition) is 3. The molecule has 0 saturated heterocycles. The molecule has 1 aliphatic heterocycles. The van der Waals surface area contributed by atoms with Crippen LogP contribution in [-0.4, -0.2) is 16.7 Å². The van der Waals surface area contributed by atoms with Gasteiger partial charge in [0.05, 0.1) is 24.2 Å². The van der Waals surface area contributed by atoms with E-state index in [0.29, 0.717) is 0 Å². The molecule has 0 radical (unpaired) electrons. The molecule has 5 rings (SSSR count). The van der Waals surface area contributed by atoms with Gasteiger partial charge in [-0.25, -0.2) is 4.98 Å². The zero-order valence-corrected chi connectivity index (χ0v) is 15.9. The topological polar surface area (TPSA) is 39.1 Å². The van der Waals surface area contributed by atoms with Crippen LogP contribution >= 0.6 is 0 Å². The number of hydrogen-bond donors (Lipinski definition) is 1. The highest BCUT2D eigenvalue weighted by Crippen LogP contribution is 2.39. The van der Waals surface area contributed by atoms with E-state index < -0.39 is 0 Å². The third kappa shape index (κ3) is 2.65. The van der Waals surface area contributed by atoms with E-state index in [0.717, 1.165) is 39.6 Å². The highest BCUT2D eigenvalue weighted by atomic mass is 16.5. The van der Waals surface area contributed by atoms with Crippen LogP contribution in [0.15, 0.2) is 78.9 Å². The number of ether oxygens (including phenoxy) is 1. The molecule has 4 nitrogen and oxygen atoms in total. The van der Waals surface area contributed by atoms with Crippen molar-refractivity contribution in [2.24, 2.45) is 0 Å². The summed E-state index contributed by atoms with van der Waals surface area (Å²) in [5, 5.41) is 3.53. The van der Waals surface area contributed by atoms with Gasteiger partial charge in [-0.05, 0) is 36.8 Å². The van der Waals surface area contributed by atoms with Crippen molar-refractivity contribution < 1.29 is 4.74 Å². The van der Waals surface area contributed by atoms with E-state index in [1.807, 2.05) is 24.3 Å². The maximum absolute atomic E-state index is 5.68. The van der Waals surface area contributed by atoms with Gasteiger partial charge >= 0.3 is 0 Å². The molecule has 0 bridgehead atoms. The fourth-order valence-corrected chi connectivity index (χ4v) is 3.85. The predicted octanol–water partition coefficient (Wildman–Crippen LogP) is 5.41. The third-order valence-corrected chi connectivity index (χ3v) is 5.27.